The van der Waals surface area contributed by atoms with Crippen LogP contribution in [0.15, 0.2) is 54.6 Å². The molecular formula is C17H21NO2. The average Bonchev–Trinajstić information content (AvgIpc) is 2.97. The zero-order valence-electron chi connectivity index (χ0n) is 12.0. The number of nitrogens with one attached hydrogen (secondary N) is 1. The highest BCUT2D eigenvalue weighted by molar-refractivity contribution is 5.67. The molecule has 3 heteroatoms. The van der Waals surface area contributed by atoms with Crippen LogP contribution in [0.25, 0.3) is 0 Å². The van der Waals surface area contributed by atoms with Gasteiger partial charge in [-0.1, -0.05) is 68.5 Å². The van der Waals surface area contributed by atoms with Crippen molar-refractivity contribution in [3.05, 3.63) is 60.2 Å². The first-order chi connectivity index (χ1) is 9.66. The summed E-state index contributed by atoms with van der Waals surface area (Å²) in [5, 5.41) is 2.96. The molecule has 0 aromatic heterocycles. The Hall–Kier alpha value is -2.03. The molecule has 0 spiro atoms. The molecular weight excluding hydrogens is 250 g/mol. The second-order valence-electron chi connectivity index (χ2n) is 5.32. The first kappa shape index (κ1) is 14.4. The molecule has 1 amide bonds. The Morgan fingerprint density at radius 1 is 1.20 bits per heavy atom. The fraction of sp³-hybridized carbons (Fsp3) is 0.353. The van der Waals surface area contributed by atoms with Crippen molar-refractivity contribution in [1.82, 2.24) is 5.32 Å². The number of amides is 1. The van der Waals surface area contributed by atoms with Gasteiger partial charge in [0.05, 0.1) is 0 Å². The van der Waals surface area contributed by atoms with Gasteiger partial charge in [0.25, 0.3) is 0 Å². The number of rotatable bonds is 5. The van der Waals surface area contributed by atoms with E-state index in [1.54, 1.807) is 0 Å². The molecule has 0 unspecified atom stereocenters. The van der Waals surface area contributed by atoms with E-state index in [0.717, 1.165) is 5.56 Å². The predicted molar refractivity (Wildman–Crippen MR) is 80.2 cm³/mol. The minimum Gasteiger partial charge on any atom is -0.445 e. The minimum absolute atomic E-state index is 0.0632. The SMILES string of the molecule is CC(C)[C@H](NC(=O)OCc1ccccc1)C1C=CC=C1. The molecule has 1 aliphatic rings. The lowest BCUT2D eigenvalue weighted by Crippen LogP contribution is -2.42. The number of carbonyl (C=O) groups is 1. The Morgan fingerprint density at radius 3 is 2.45 bits per heavy atom. The highest BCUT2D eigenvalue weighted by Gasteiger charge is 2.24. The van der Waals surface area contributed by atoms with Crippen LogP contribution in [0.3, 0.4) is 0 Å². The third-order valence-electron chi connectivity index (χ3n) is 3.41. The van der Waals surface area contributed by atoms with E-state index >= 15 is 0 Å². The van der Waals surface area contributed by atoms with Crippen molar-refractivity contribution in [2.75, 3.05) is 0 Å². The third kappa shape index (κ3) is 3.98. The first-order valence-corrected chi connectivity index (χ1v) is 6.99. The predicted octanol–water partition coefficient (Wildman–Crippen LogP) is 3.68. The molecule has 1 aromatic carbocycles. The molecule has 0 saturated heterocycles. The fourth-order valence-corrected chi connectivity index (χ4v) is 2.30. The largest absolute Gasteiger partial charge is 0.445 e. The average molecular weight is 271 g/mol. The van der Waals surface area contributed by atoms with E-state index in [9.17, 15) is 4.79 Å². The number of benzene rings is 1. The summed E-state index contributed by atoms with van der Waals surface area (Å²) in [7, 11) is 0. The van der Waals surface area contributed by atoms with E-state index in [-0.39, 0.29) is 18.1 Å². The Labute approximate surface area is 120 Å². The van der Waals surface area contributed by atoms with Gasteiger partial charge in [-0.2, -0.15) is 0 Å². The molecule has 0 aliphatic heterocycles. The Balaban J connectivity index is 1.85. The number of hydrogen-bond acceptors (Lipinski definition) is 2. The van der Waals surface area contributed by atoms with E-state index < -0.39 is 0 Å². The van der Waals surface area contributed by atoms with Gasteiger partial charge in [0.2, 0.25) is 0 Å². The van der Waals surface area contributed by atoms with Gasteiger partial charge in [-0.05, 0) is 11.5 Å². The van der Waals surface area contributed by atoms with Crippen molar-refractivity contribution in [2.24, 2.45) is 11.8 Å². The van der Waals surface area contributed by atoms with Gasteiger partial charge in [0.1, 0.15) is 6.61 Å². The second kappa shape index (κ2) is 6.94. The number of hydrogen-bond donors (Lipinski definition) is 1. The molecule has 0 saturated carbocycles. The topological polar surface area (TPSA) is 38.3 Å². The minimum atomic E-state index is -0.360. The maximum Gasteiger partial charge on any atom is 0.407 e. The molecule has 1 atom stereocenters. The van der Waals surface area contributed by atoms with Crippen molar-refractivity contribution < 1.29 is 9.53 Å². The van der Waals surface area contributed by atoms with Crippen molar-refractivity contribution >= 4 is 6.09 Å². The highest BCUT2D eigenvalue weighted by atomic mass is 16.5. The number of ether oxygens (including phenoxy) is 1. The van der Waals surface area contributed by atoms with Crippen molar-refractivity contribution in [3.63, 3.8) is 0 Å². The van der Waals surface area contributed by atoms with Gasteiger partial charge >= 0.3 is 6.09 Å². The molecule has 1 N–H and O–H groups in total. The molecule has 0 heterocycles. The lowest BCUT2D eigenvalue weighted by atomic mass is 9.92. The summed E-state index contributed by atoms with van der Waals surface area (Å²) in [6.45, 7) is 4.50. The molecule has 0 bridgehead atoms. The molecule has 106 valence electrons. The van der Waals surface area contributed by atoms with Crippen LogP contribution in [0.5, 0.6) is 0 Å². The van der Waals surface area contributed by atoms with Gasteiger partial charge in [-0.15, -0.1) is 0 Å². The Kier molecular flexibility index (Phi) is 4.99. The molecule has 0 fully saturated rings. The number of carbonyl (C=O) groups excluding carboxylic acids is 1. The molecule has 3 nitrogen and oxygen atoms in total. The molecule has 1 aromatic rings. The van der Waals surface area contributed by atoms with Crippen LogP contribution in [0.4, 0.5) is 4.79 Å². The summed E-state index contributed by atoms with van der Waals surface area (Å²) in [5.74, 6) is 0.593. The lowest BCUT2D eigenvalue weighted by Gasteiger charge is -2.25. The van der Waals surface area contributed by atoms with Crippen LogP contribution in [0.2, 0.25) is 0 Å². The Bertz CT molecular complexity index is 479. The summed E-state index contributed by atoms with van der Waals surface area (Å²) >= 11 is 0. The molecule has 1 aliphatic carbocycles. The van der Waals surface area contributed by atoms with Crippen LogP contribution in [0, 0.1) is 11.8 Å². The standard InChI is InChI=1S/C17H21NO2/c1-13(2)16(15-10-6-7-11-15)18-17(19)20-12-14-8-4-3-5-9-14/h3-11,13,15-16H,12H2,1-2H3,(H,18,19)/t16-/m0/s1. The molecule has 2 rings (SSSR count). The van der Waals surface area contributed by atoms with Gasteiger partial charge in [0.15, 0.2) is 0 Å². The van der Waals surface area contributed by atoms with Crippen LogP contribution in [-0.4, -0.2) is 12.1 Å². The smallest absolute Gasteiger partial charge is 0.407 e. The van der Waals surface area contributed by atoms with Crippen molar-refractivity contribution in [3.8, 4) is 0 Å². The summed E-state index contributed by atoms with van der Waals surface area (Å²) in [6.07, 6.45) is 7.86. The van der Waals surface area contributed by atoms with Crippen LogP contribution < -0.4 is 5.32 Å². The zero-order valence-corrected chi connectivity index (χ0v) is 12.0. The maximum atomic E-state index is 11.9. The zero-order chi connectivity index (χ0) is 14.4. The van der Waals surface area contributed by atoms with E-state index in [2.05, 4.69) is 31.3 Å². The lowest BCUT2D eigenvalue weighted by molar-refractivity contribution is 0.130. The third-order valence-corrected chi connectivity index (χ3v) is 3.41. The van der Waals surface area contributed by atoms with Crippen molar-refractivity contribution in [2.45, 2.75) is 26.5 Å². The van der Waals surface area contributed by atoms with E-state index in [1.165, 1.54) is 0 Å². The summed E-state index contributed by atoms with van der Waals surface area (Å²) < 4.78 is 5.27. The second-order valence-corrected chi connectivity index (χ2v) is 5.32. The van der Waals surface area contributed by atoms with Gasteiger partial charge < -0.3 is 10.1 Å². The summed E-state index contributed by atoms with van der Waals surface area (Å²) in [6, 6.07) is 9.75. The van der Waals surface area contributed by atoms with E-state index in [4.69, 9.17) is 4.74 Å². The molecule has 20 heavy (non-hydrogen) atoms. The van der Waals surface area contributed by atoms with Crippen LogP contribution in [-0.2, 0) is 11.3 Å². The van der Waals surface area contributed by atoms with Crippen LogP contribution in [0.1, 0.15) is 19.4 Å². The summed E-state index contributed by atoms with van der Waals surface area (Å²) in [4.78, 5) is 11.9. The quantitative estimate of drug-likeness (QED) is 0.887. The van der Waals surface area contributed by atoms with Crippen molar-refractivity contribution in [1.29, 1.82) is 0 Å². The first-order valence-electron chi connectivity index (χ1n) is 6.99. The maximum absolute atomic E-state index is 11.9. The highest BCUT2D eigenvalue weighted by Crippen LogP contribution is 2.20. The number of allylic oxidation sites excluding steroid dienone is 2. The fourth-order valence-electron chi connectivity index (χ4n) is 2.30. The molecule has 0 radical (unpaired) electrons. The van der Waals surface area contributed by atoms with E-state index in [0.29, 0.717) is 12.5 Å². The summed E-state index contributed by atoms with van der Waals surface area (Å²) in [5.41, 5.74) is 0.990. The van der Waals surface area contributed by atoms with Gasteiger partial charge in [-0.3, -0.25) is 0 Å². The van der Waals surface area contributed by atoms with Gasteiger partial charge in [0, 0.05) is 12.0 Å². The number of alkyl carbamates (subject to hydrolysis) is 1. The van der Waals surface area contributed by atoms with Crippen LogP contribution >= 0.6 is 0 Å². The van der Waals surface area contributed by atoms with E-state index in [1.807, 2.05) is 42.5 Å². The Morgan fingerprint density at radius 2 is 1.85 bits per heavy atom. The normalized spacial score (nSPS) is 15.6. The monoisotopic (exact) mass is 271 g/mol. The van der Waals surface area contributed by atoms with Gasteiger partial charge in [-0.25, -0.2) is 4.79 Å².